The summed E-state index contributed by atoms with van der Waals surface area (Å²) in [6.07, 6.45) is 0. The van der Waals surface area contributed by atoms with E-state index in [0.29, 0.717) is 37.1 Å². The van der Waals surface area contributed by atoms with E-state index in [0.717, 1.165) is 11.3 Å². The average Bonchev–Trinajstić information content (AvgIpc) is 2.50. The molecule has 1 heterocycles. The molecule has 6 heteroatoms. The van der Waals surface area contributed by atoms with Gasteiger partial charge in [-0.15, -0.1) is 0 Å². The summed E-state index contributed by atoms with van der Waals surface area (Å²) in [4.78, 5) is 14.2. The number of nitrogens with zero attached hydrogens (tertiary/aromatic N) is 1. The van der Waals surface area contributed by atoms with Crippen LogP contribution in [0, 0.1) is 6.92 Å². The van der Waals surface area contributed by atoms with Crippen LogP contribution >= 0.6 is 11.6 Å². The molecule has 0 aliphatic carbocycles. The van der Waals surface area contributed by atoms with Crippen LogP contribution in [0.4, 0.5) is 5.69 Å². The maximum absolute atomic E-state index is 12.4. The second-order valence-corrected chi connectivity index (χ2v) is 5.51. The lowest BCUT2D eigenvalue weighted by Gasteiger charge is -2.30. The SMILES string of the molecule is COc1cc(Cl)c(C)cc1N[C@@H](C)C(=O)N1CCOCC1. The van der Waals surface area contributed by atoms with E-state index in [4.69, 9.17) is 21.1 Å². The Hall–Kier alpha value is -1.46. The van der Waals surface area contributed by atoms with Crippen LogP contribution in [0.2, 0.25) is 5.02 Å². The van der Waals surface area contributed by atoms with Crippen molar-refractivity contribution in [3.05, 3.63) is 22.7 Å². The molecular weight excluding hydrogens is 292 g/mol. The number of hydrogen-bond donors (Lipinski definition) is 1. The van der Waals surface area contributed by atoms with Crippen LogP contribution in [0.15, 0.2) is 12.1 Å². The first-order chi connectivity index (χ1) is 10.0. The van der Waals surface area contributed by atoms with Crippen LogP contribution in [-0.2, 0) is 9.53 Å². The summed E-state index contributed by atoms with van der Waals surface area (Å²) < 4.78 is 10.6. The molecule has 1 aromatic rings. The van der Waals surface area contributed by atoms with Gasteiger partial charge in [0.1, 0.15) is 11.8 Å². The highest BCUT2D eigenvalue weighted by molar-refractivity contribution is 6.31. The van der Waals surface area contributed by atoms with Gasteiger partial charge in [0.25, 0.3) is 0 Å². The molecule has 1 fully saturated rings. The lowest BCUT2D eigenvalue weighted by Crippen LogP contribution is -2.47. The summed E-state index contributed by atoms with van der Waals surface area (Å²) in [6.45, 7) is 6.25. The van der Waals surface area contributed by atoms with Gasteiger partial charge in [-0.25, -0.2) is 0 Å². The number of amides is 1. The molecule has 0 unspecified atom stereocenters. The molecule has 1 atom stereocenters. The van der Waals surface area contributed by atoms with Crippen molar-refractivity contribution in [1.82, 2.24) is 4.90 Å². The van der Waals surface area contributed by atoms with E-state index in [1.807, 2.05) is 24.8 Å². The predicted octanol–water partition coefficient (Wildman–Crippen LogP) is 2.32. The zero-order valence-electron chi connectivity index (χ0n) is 12.6. The lowest BCUT2D eigenvalue weighted by molar-refractivity contribution is -0.135. The minimum atomic E-state index is -0.336. The number of carbonyl (C=O) groups excluding carboxylic acids is 1. The summed E-state index contributed by atoms with van der Waals surface area (Å²) in [5, 5.41) is 3.85. The van der Waals surface area contributed by atoms with Gasteiger partial charge in [-0.1, -0.05) is 11.6 Å². The fraction of sp³-hybridized carbons (Fsp3) is 0.533. The van der Waals surface area contributed by atoms with Crippen molar-refractivity contribution in [2.45, 2.75) is 19.9 Å². The molecule has 0 saturated carbocycles. The lowest BCUT2D eigenvalue weighted by atomic mass is 10.1. The van der Waals surface area contributed by atoms with Gasteiger partial charge in [-0.05, 0) is 25.5 Å². The Labute approximate surface area is 130 Å². The molecule has 1 saturated heterocycles. The number of methoxy groups -OCH3 is 1. The van der Waals surface area contributed by atoms with Crippen molar-refractivity contribution in [2.24, 2.45) is 0 Å². The summed E-state index contributed by atoms with van der Waals surface area (Å²) in [5.41, 5.74) is 1.71. The van der Waals surface area contributed by atoms with Crippen molar-refractivity contribution in [2.75, 3.05) is 38.7 Å². The molecule has 1 amide bonds. The first-order valence-electron chi connectivity index (χ1n) is 7.00. The molecule has 2 rings (SSSR count). The van der Waals surface area contributed by atoms with Gasteiger partial charge in [0.2, 0.25) is 5.91 Å². The fourth-order valence-electron chi connectivity index (χ4n) is 2.30. The molecule has 5 nitrogen and oxygen atoms in total. The van der Waals surface area contributed by atoms with Crippen molar-refractivity contribution < 1.29 is 14.3 Å². The second kappa shape index (κ2) is 7.00. The number of morpholine rings is 1. The maximum atomic E-state index is 12.4. The molecule has 116 valence electrons. The van der Waals surface area contributed by atoms with Gasteiger partial charge < -0.3 is 19.7 Å². The highest BCUT2D eigenvalue weighted by atomic mass is 35.5. The molecule has 21 heavy (non-hydrogen) atoms. The smallest absolute Gasteiger partial charge is 0.244 e. The molecule has 0 bridgehead atoms. The predicted molar refractivity (Wildman–Crippen MR) is 83.2 cm³/mol. The first-order valence-corrected chi connectivity index (χ1v) is 7.38. The Balaban J connectivity index is 2.09. The molecule has 0 radical (unpaired) electrons. The zero-order valence-corrected chi connectivity index (χ0v) is 13.4. The van der Waals surface area contributed by atoms with E-state index in [-0.39, 0.29) is 11.9 Å². The number of anilines is 1. The van der Waals surface area contributed by atoms with Gasteiger partial charge in [0, 0.05) is 24.2 Å². The van der Waals surface area contributed by atoms with Crippen molar-refractivity contribution in [3.63, 3.8) is 0 Å². The molecule has 0 spiro atoms. The summed E-state index contributed by atoms with van der Waals surface area (Å²) >= 11 is 6.09. The van der Waals surface area contributed by atoms with Crippen molar-refractivity contribution in [1.29, 1.82) is 0 Å². The molecular formula is C15H21ClN2O3. The molecule has 1 aromatic carbocycles. The first kappa shape index (κ1) is 15.9. The standard InChI is InChI=1S/C15H21ClN2O3/c1-10-8-13(14(20-3)9-12(10)16)17-11(2)15(19)18-4-6-21-7-5-18/h8-9,11,17H,4-7H2,1-3H3/t11-/m0/s1. The Morgan fingerprint density at radius 3 is 2.71 bits per heavy atom. The largest absolute Gasteiger partial charge is 0.495 e. The highest BCUT2D eigenvalue weighted by Crippen LogP contribution is 2.31. The molecule has 1 aliphatic heterocycles. The number of carbonyl (C=O) groups is 1. The van der Waals surface area contributed by atoms with E-state index in [1.54, 1.807) is 13.2 Å². The van der Waals surface area contributed by atoms with Crippen LogP contribution < -0.4 is 10.1 Å². The maximum Gasteiger partial charge on any atom is 0.244 e. The van der Waals surface area contributed by atoms with Crippen LogP contribution in [0.1, 0.15) is 12.5 Å². The second-order valence-electron chi connectivity index (χ2n) is 5.11. The van der Waals surface area contributed by atoms with E-state index >= 15 is 0 Å². The van der Waals surface area contributed by atoms with Crippen LogP contribution in [-0.4, -0.2) is 50.3 Å². The van der Waals surface area contributed by atoms with E-state index in [1.165, 1.54) is 0 Å². The van der Waals surface area contributed by atoms with Crippen LogP contribution in [0.25, 0.3) is 0 Å². The molecule has 1 N–H and O–H groups in total. The number of halogens is 1. The number of ether oxygens (including phenoxy) is 2. The Morgan fingerprint density at radius 1 is 1.43 bits per heavy atom. The molecule has 0 aromatic heterocycles. The number of nitrogens with one attached hydrogen (secondary N) is 1. The minimum absolute atomic E-state index is 0.0629. The number of rotatable bonds is 4. The third kappa shape index (κ3) is 3.80. The quantitative estimate of drug-likeness (QED) is 0.927. The van der Waals surface area contributed by atoms with E-state index in [9.17, 15) is 4.79 Å². The normalized spacial score (nSPS) is 16.5. The van der Waals surface area contributed by atoms with Gasteiger partial charge in [-0.2, -0.15) is 0 Å². The van der Waals surface area contributed by atoms with Crippen molar-refractivity contribution in [3.8, 4) is 5.75 Å². The monoisotopic (exact) mass is 312 g/mol. The summed E-state index contributed by atoms with van der Waals surface area (Å²) in [6, 6.07) is 3.31. The number of hydrogen-bond acceptors (Lipinski definition) is 4. The van der Waals surface area contributed by atoms with Crippen LogP contribution in [0.5, 0.6) is 5.75 Å². The average molecular weight is 313 g/mol. The summed E-state index contributed by atoms with van der Waals surface area (Å²) in [5.74, 6) is 0.695. The van der Waals surface area contributed by atoms with Crippen LogP contribution in [0.3, 0.4) is 0 Å². The third-order valence-corrected chi connectivity index (χ3v) is 3.95. The van der Waals surface area contributed by atoms with E-state index < -0.39 is 0 Å². The van der Waals surface area contributed by atoms with E-state index in [2.05, 4.69) is 5.32 Å². The zero-order chi connectivity index (χ0) is 15.4. The third-order valence-electron chi connectivity index (χ3n) is 3.55. The van der Waals surface area contributed by atoms with Gasteiger partial charge in [-0.3, -0.25) is 4.79 Å². The van der Waals surface area contributed by atoms with Crippen molar-refractivity contribution >= 4 is 23.2 Å². The van der Waals surface area contributed by atoms with Gasteiger partial charge >= 0.3 is 0 Å². The Kier molecular flexibility index (Phi) is 5.31. The Morgan fingerprint density at radius 2 is 2.10 bits per heavy atom. The Bertz CT molecular complexity index is 516. The molecule has 1 aliphatic rings. The van der Waals surface area contributed by atoms with Gasteiger partial charge in [0.05, 0.1) is 26.0 Å². The minimum Gasteiger partial charge on any atom is -0.495 e. The number of benzene rings is 1. The summed E-state index contributed by atoms with van der Waals surface area (Å²) in [7, 11) is 1.58. The number of aryl methyl sites for hydroxylation is 1. The van der Waals surface area contributed by atoms with Gasteiger partial charge in [0.15, 0.2) is 0 Å². The topological polar surface area (TPSA) is 50.8 Å². The fourth-order valence-corrected chi connectivity index (χ4v) is 2.45. The highest BCUT2D eigenvalue weighted by Gasteiger charge is 2.23.